The molecule has 1 aromatic heterocycles. The highest BCUT2D eigenvalue weighted by Gasteiger charge is 2.11. The Morgan fingerprint density at radius 3 is 2.85 bits per heavy atom. The maximum Gasteiger partial charge on any atom is 0.253 e. The van der Waals surface area contributed by atoms with Crippen molar-refractivity contribution in [3.05, 3.63) is 41.3 Å². The molecule has 2 N–H and O–H groups in total. The van der Waals surface area contributed by atoms with Gasteiger partial charge in [-0.3, -0.25) is 9.78 Å². The van der Waals surface area contributed by atoms with Gasteiger partial charge in [0.25, 0.3) is 5.91 Å². The Balaban J connectivity index is 2.19. The number of rotatable bonds is 5. The lowest BCUT2D eigenvalue weighted by atomic mass is 10.1. The highest BCUT2D eigenvalue weighted by Crippen LogP contribution is 2.17. The summed E-state index contributed by atoms with van der Waals surface area (Å²) in [6.45, 7) is 5.93. The first-order valence-electron chi connectivity index (χ1n) is 6.67. The van der Waals surface area contributed by atoms with Crippen molar-refractivity contribution in [2.24, 2.45) is 0 Å². The molecule has 106 valence electrons. The second kappa shape index (κ2) is 6.43. The number of hydrogen-bond acceptors (Lipinski definition) is 3. The molecule has 1 aromatic carbocycles. The lowest BCUT2D eigenvalue weighted by Crippen LogP contribution is -2.32. The third-order valence-electron chi connectivity index (χ3n) is 3.05. The predicted molar refractivity (Wildman–Crippen MR) is 77.3 cm³/mol. The van der Waals surface area contributed by atoms with Gasteiger partial charge in [0.1, 0.15) is 5.82 Å². The number of carbonyl (C=O) groups is 1. The largest absolute Gasteiger partial charge is 0.351 e. The molecule has 0 unspecified atom stereocenters. The van der Waals surface area contributed by atoms with Gasteiger partial charge in [-0.25, -0.2) is 4.39 Å². The van der Waals surface area contributed by atoms with Crippen LogP contribution < -0.4 is 10.6 Å². The molecule has 0 radical (unpaired) electrons. The molecule has 0 fully saturated rings. The smallest absolute Gasteiger partial charge is 0.253 e. The van der Waals surface area contributed by atoms with Crippen LogP contribution in [0.2, 0.25) is 0 Å². The topological polar surface area (TPSA) is 54.0 Å². The van der Waals surface area contributed by atoms with Crippen molar-refractivity contribution in [1.82, 2.24) is 15.6 Å². The zero-order valence-corrected chi connectivity index (χ0v) is 11.7. The predicted octanol–water partition coefficient (Wildman–Crippen LogP) is 2.02. The average Bonchev–Trinajstić information content (AvgIpc) is 2.42. The monoisotopic (exact) mass is 275 g/mol. The fourth-order valence-electron chi connectivity index (χ4n) is 2.00. The number of nitrogens with zero attached hydrogens (tertiary/aromatic N) is 1. The first-order chi connectivity index (χ1) is 9.61. The first-order valence-corrected chi connectivity index (χ1v) is 6.67. The second-order valence-corrected chi connectivity index (χ2v) is 4.57. The number of likely N-dealkylation sites (N-methyl/N-ethyl adjacent to an activating group) is 1. The number of fused-ring (bicyclic) bond motifs is 1. The maximum absolute atomic E-state index is 13.1. The lowest BCUT2D eigenvalue weighted by molar-refractivity contribution is 0.0953. The Morgan fingerprint density at radius 1 is 1.30 bits per heavy atom. The van der Waals surface area contributed by atoms with Crippen molar-refractivity contribution in [2.45, 2.75) is 13.8 Å². The van der Waals surface area contributed by atoms with Gasteiger partial charge in [-0.2, -0.15) is 0 Å². The number of amides is 1. The van der Waals surface area contributed by atoms with Crippen LogP contribution >= 0.6 is 0 Å². The van der Waals surface area contributed by atoms with Crippen molar-refractivity contribution in [3.8, 4) is 0 Å². The van der Waals surface area contributed by atoms with Crippen molar-refractivity contribution >= 4 is 16.8 Å². The summed E-state index contributed by atoms with van der Waals surface area (Å²) in [6.07, 6.45) is 0. The summed E-state index contributed by atoms with van der Waals surface area (Å²) in [5, 5.41) is 6.73. The Labute approximate surface area is 117 Å². The lowest BCUT2D eigenvalue weighted by Gasteiger charge is -2.09. The minimum Gasteiger partial charge on any atom is -0.351 e. The van der Waals surface area contributed by atoms with E-state index in [9.17, 15) is 9.18 Å². The molecule has 5 heteroatoms. The zero-order chi connectivity index (χ0) is 14.5. The molecular weight excluding hydrogens is 257 g/mol. The molecule has 2 rings (SSSR count). The minimum absolute atomic E-state index is 0.154. The number of halogens is 1. The molecule has 1 amide bonds. The van der Waals surface area contributed by atoms with Crippen molar-refractivity contribution in [1.29, 1.82) is 0 Å². The van der Waals surface area contributed by atoms with E-state index in [-0.39, 0.29) is 11.7 Å². The number of aryl methyl sites for hydroxylation is 1. The van der Waals surface area contributed by atoms with Gasteiger partial charge in [-0.05, 0) is 31.7 Å². The van der Waals surface area contributed by atoms with Crippen LogP contribution in [-0.2, 0) is 0 Å². The van der Waals surface area contributed by atoms with Gasteiger partial charge in [-0.15, -0.1) is 0 Å². The van der Waals surface area contributed by atoms with E-state index >= 15 is 0 Å². The standard InChI is InChI=1S/C15H18FN3O/c1-3-17-6-7-18-15(20)13-8-11-4-5-12(16)9-14(11)19-10(13)2/h4-5,8-9,17H,3,6-7H2,1-2H3,(H,18,20). The van der Waals surface area contributed by atoms with Gasteiger partial charge in [0.05, 0.1) is 16.8 Å². The normalized spacial score (nSPS) is 10.8. The average molecular weight is 275 g/mol. The molecule has 0 aliphatic heterocycles. The highest BCUT2D eigenvalue weighted by molar-refractivity contribution is 5.98. The van der Waals surface area contributed by atoms with E-state index in [0.717, 1.165) is 18.5 Å². The van der Waals surface area contributed by atoms with Crippen LogP contribution in [0.4, 0.5) is 4.39 Å². The zero-order valence-electron chi connectivity index (χ0n) is 11.7. The van der Waals surface area contributed by atoms with E-state index in [4.69, 9.17) is 0 Å². The number of aromatic nitrogens is 1. The van der Waals surface area contributed by atoms with Gasteiger partial charge in [0.15, 0.2) is 0 Å². The van der Waals surface area contributed by atoms with Crippen LogP contribution in [0.3, 0.4) is 0 Å². The summed E-state index contributed by atoms with van der Waals surface area (Å²) in [7, 11) is 0. The molecular formula is C15H18FN3O. The molecule has 0 atom stereocenters. The minimum atomic E-state index is -0.327. The summed E-state index contributed by atoms with van der Waals surface area (Å²) in [4.78, 5) is 16.4. The van der Waals surface area contributed by atoms with Crippen LogP contribution in [0.5, 0.6) is 0 Å². The fraction of sp³-hybridized carbons (Fsp3) is 0.333. The number of nitrogens with one attached hydrogen (secondary N) is 2. The molecule has 0 saturated carbocycles. The van der Waals surface area contributed by atoms with Crippen LogP contribution in [0.15, 0.2) is 24.3 Å². The Kier molecular flexibility index (Phi) is 4.63. The molecule has 20 heavy (non-hydrogen) atoms. The van der Waals surface area contributed by atoms with Gasteiger partial charge in [0.2, 0.25) is 0 Å². The Hall–Kier alpha value is -2.01. The number of hydrogen-bond donors (Lipinski definition) is 2. The number of pyridine rings is 1. The third kappa shape index (κ3) is 3.30. The van der Waals surface area contributed by atoms with Crippen molar-refractivity contribution < 1.29 is 9.18 Å². The third-order valence-corrected chi connectivity index (χ3v) is 3.05. The van der Waals surface area contributed by atoms with Crippen molar-refractivity contribution in [2.75, 3.05) is 19.6 Å². The first kappa shape index (κ1) is 14.4. The quantitative estimate of drug-likeness (QED) is 0.821. The van der Waals surface area contributed by atoms with Crippen LogP contribution in [0, 0.1) is 12.7 Å². The Morgan fingerprint density at radius 2 is 2.10 bits per heavy atom. The van der Waals surface area contributed by atoms with E-state index in [1.54, 1.807) is 19.1 Å². The van der Waals surface area contributed by atoms with E-state index in [2.05, 4.69) is 15.6 Å². The summed E-state index contributed by atoms with van der Waals surface area (Å²) >= 11 is 0. The molecule has 0 spiro atoms. The summed E-state index contributed by atoms with van der Waals surface area (Å²) < 4.78 is 13.1. The maximum atomic E-state index is 13.1. The molecule has 4 nitrogen and oxygen atoms in total. The second-order valence-electron chi connectivity index (χ2n) is 4.57. The molecule has 2 aromatic rings. The summed E-state index contributed by atoms with van der Waals surface area (Å²) in [6, 6.07) is 6.12. The van der Waals surface area contributed by atoms with Crippen LogP contribution in [0.25, 0.3) is 10.9 Å². The molecule has 1 heterocycles. The van der Waals surface area contributed by atoms with E-state index < -0.39 is 0 Å². The molecule has 0 aliphatic rings. The number of carbonyl (C=O) groups excluding carboxylic acids is 1. The highest BCUT2D eigenvalue weighted by atomic mass is 19.1. The van der Waals surface area contributed by atoms with Crippen LogP contribution in [-0.4, -0.2) is 30.5 Å². The van der Waals surface area contributed by atoms with E-state index in [0.29, 0.717) is 23.3 Å². The van der Waals surface area contributed by atoms with Gasteiger partial charge < -0.3 is 10.6 Å². The Bertz CT molecular complexity index is 628. The van der Waals surface area contributed by atoms with E-state index in [1.807, 2.05) is 6.92 Å². The fourth-order valence-corrected chi connectivity index (χ4v) is 2.00. The molecule has 0 saturated heterocycles. The van der Waals surface area contributed by atoms with E-state index in [1.165, 1.54) is 12.1 Å². The van der Waals surface area contributed by atoms with Crippen LogP contribution in [0.1, 0.15) is 23.0 Å². The molecule has 0 aliphatic carbocycles. The SMILES string of the molecule is CCNCCNC(=O)c1cc2ccc(F)cc2nc1C. The van der Waals surface area contributed by atoms with Gasteiger partial charge in [0, 0.05) is 24.5 Å². The molecule has 0 bridgehead atoms. The number of benzene rings is 1. The summed E-state index contributed by atoms with van der Waals surface area (Å²) in [5.41, 5.74) is 1.69. The van der Waals surface area contributed by atoms with Crippen molar-refractivity contribution in [3.63, 3.8) is 0 Å². The van der Waals surface area contributed by atoms with Gasteiger partial charge in [-0.1, -0.05) is 6.92 Å². The summed E-state index contributed by atoms with van der Waals surface area (Å²) in [5.74, 6) is -0.480. The van der Waals surface area contributed by atoms with Gasteiger partial charge >= 0.3 is 0 Å².